The van der Waals surface area contributed by atoms with Crippen LogP contribution in [0.1, 0.15) is 31.7 Å². The molecule has 2 N–H and O–H groups in total. The van der Waals surface area contributed by atoms with Crippen LogP contribution >= 0.6 is 24.0 Å². The molecule has 0 unspecified atom stereocenters. The topological polar surface area (TPSA) is 66.0 Å². The summed E-state index contributed by atoms with van der Waals surface area (Å²) >= 11 is 0. The number of rotatable bonds is 9. The minimum atomic E-state index is 0. The number of likely N-dealkylation sites (tertiary alicyclic amines) is 1. The number of amides is 1. The smallest absolute Gasteiger partial charge is 0.222 e. The van der Waals surface area contributed by atoms with Crippen molar-refractivity contribution in [3.63, 3.8) is 0 Å². The number of nitrogens with one attached hydrogen (secondary N) is 2. The predicted octanol–water partition coefficient (Wildman–Crippen LogP) is 2.56. The number of carbonyl (C=O) groups is 1. The van der Waals surface area contributed by atoms with E-state index >= 15 is 0 Å². The lowest BCUT2D eigenvalue weighted by atomic mass is 10.2. The zero-order valence-electron chi connectivity index (χ0n) is 15.8. The van der Waals surface area contributed by atoms with Crippen LogP contribution in [0, 0.1) is 6.92 Å². The van der Waals surface area contributed by atoms with Crippen LogP contribution < -0.4 is 15.4 Å². The Balaban J connectivity index is 0.00000338. The van der Waals surface area contributed by atoms with Crippen molar-refractivity contribution in [2.24, 2.45) is 4.99 Å². The van der Waals surface area contributed by atoms with E-state index in [9.17, 15) is 4.79 Å². The summed E-state index contributed by atoms with van der Waals surface area (Å²) in [5.74, 6) is 1.96. The van der Waals surface area contributed by atoms with Crippen LogP contribution in [0.25, 0.3) is 0 Å². The van der Waals surface area contributed by atoms with Crippen molar-refractivity contribution in [2.75, 3.05) is 39.3 Å². The maximum atomic E-state index is 11.6. The maximum absolute atomic E-state index is 11.6. The molecule has 7 heteroatoms. The van der Waals surface area contributed by atoms with E-state index in [2.05, 4.69) is 28.6 Å². The molecule has 6 nitrogen and oxygen atoms in total. The minimum Gasteiger partial charge on any atom is -0.492 e. The molecule has 1 amide bonds. The first-order valence-corrected chi connectivity index (χ1v) is 9.18. The third-order valence-corrected chi connectivity index (χ3v) is 4.02. The van der Waals surface area contributed by atoms with Gasteiger partial charge in [0, 0.05) is 32.6 Å². The molecule has 0 atom stereocenters. The van der Waals surface area contributed by atoms with E-state index in [4.69, 9.17) is 4.74 Å². The van der Waals surface area contributed by atoms with Crippen LogP contribution in [0.2, 0.25) is 0 Å². The molecule has 0 aliphatic carbocycles. The highest BCUT2D eigenvalue weighted by atomic mass is 127. The molecule has 26 heavy (non-hydrogen) atoms. The summed E-state index contributed by atoms with van der Waals surface area (Å²) in [5, 5.41) is 6.51. The van der Waals surface area contributed by atoms with Crippen molar-refractivity contribution in [1.82, 2.24) is 15.5 Å². The van der Waals surface area contributed by atoms with Gasteiger partial charge in [0.05, 0.1) is 6.54 Å². The average Bonchev–Trinajstić information content (AvgIpc) is 3.00. The first kappa shape index (κ1) is 22.5. The Bertz CT molecular complexity index is 580. The van der Waals surface area contributed by atoms with Gasteiger partial charge in [-0.15, -0.1) is 24.0 Å². The van der Waals surface area contributed by atoms with E-state index in [-0.39, 0.29) is 29.9 Å². The summed E-state index contributed by atoms with van der Waals surface area (Å²) in [7, 11) is 0. The van der Waals surface area contributed by atoms with E-state index in [1.54, 1.807) is 0 Å². The quantitative estimate of drug-likeness (QED) is 0.250. The second-order valence-electron chi connectivity index (χ2n) is 6.19. The summed E-state index contributed by atoms with van der Waals surface area (Å²) in [6.45, 7) is 8.59. The van der Waals surface area contributed by atoms with Crippen LogP contribution in [0.15, 0.2) is 29.3 Å². The van der Waals surface area contributed by atoms with Crippen LogP contribution in [0.3, 0.4) is 0 Å². The summed E-state index contributed by atoms with van der Waals surface area (Å²) in [5.41, 5.74) is 1.19. The first-order valence-electron chi connectivity index (χ1n) is 9.18. The van der Waals surface area contributed by atoms with E-state index in [0.29, 0.717) is 26.1 Å². The van der Waals surface area contributed by atoms with E-state index in [1.807, 2.05) is 30.0 Å². The molecule has 0 radical (unpaired) electrons. The Labute approximate surface area is 173 Å². The van der Waals surface area contributed by atoms with Gasteiger partial charge in [0.15, 0.2) is 5.96 Å². The Hall–Kier alpha value is -1.51. The number of carbonyl (C=O) groups excluding carboxylic acids is 1. The summed E-state index contributed by atoms with van der Waals surface area (Å²) in [6, 6.07) is 8.04. The summed E-state index contributed by atoms with van der Waals surface area (Å²) in [4.78, 5) is 18.1. The Morgan fingerprint density at radius 2 is 2.19 bits per heavy atom. The summed E-state index contributed by atoms with van der Waals surface area (Å²) in [6.07, 6.45) is 2.59. The number of halogens is 1. The van der Waals surface area contributed by atoms with Crippen LogP contribution in [0.4, 0.5) is 0 Å². The molecule has 1 heterocycles. The molecule has 1 aliphatic heterocycles. The molecule has 1 saturated heterocycles. The first-order chi connectivity index (χ1) is 12.2. The van der Waals surface area contributed by atoms with Crippen LogP contribution in [-0.2, 0) is 4.79 Å². The fourth-order valence-electron chi connectivity index (χ4n) is 2.78. The van der Waals surface area contributed by atoms with Gasteiger partial charge < -0.3 is 20.3 Å². The second-order valence-corrected chi connectivity index (χ2v) is 6.19. The van der Waals surface area contributed by atoms with Gasteiger partial charge in [0.1, 0.15) is 12.4 Å². The van der Waals surface area contributed by atoms with Gasteiger partial charge in [0.2, 0.25) is 5.91 Å². The van der Waals surface area contributed by atoms with Crippen molar-refractivity contribution < 1.29 is 9.53 Å². The van der Waals surface area contributed by atoms with E-state index in [0.717, 1.165) is 44.2 Å². The van der Waals surface area contributed by atoms with Gasteiger partial charge in [-0.1, -0.05) is 12.1 Å². The third kappa shape index (κ3) is 8.25. The molecular formula is C19H31IN4O2. The van der Waals surface area contributed by atoms with Crippen molar-refractivity contribution in [1.29, 1.82) is 0 Å². The molecule has 1 aliphatic rings. The van der Waals surface area contributed by atoms with E-state index in [1.165, 1.54) is 5.56 Å². The van der Waals surface area contributed by atoms with Gasteiger partial charge in [-0.05, 0) is 44.4 Å². The fraction of sp³-hybridized carbons (Fsp3) is 0.579. The molecule has 0 saturated carbocycles. The molecule has 0 spiro atoms. The highest BCUT2D eigenvalue weighted by Gasteiger charge is 2.18. The predicted molar refractivity (Wildman–Crippen MR) is 117 cm³/mol. The molecule has 1 fully saturated rings. The van der Waals surface area contributed by atoms with Crippen molar-refractivity contribution >= 4 is 35.8 Å². The molecule has 146 valence electrons. The fourth-order valence-corrected chi connectivity index (χ4v) is 2.78. The largest absolute Gasteiger partial charge is 0.492 e. The molecule has 2 rings (SSSR count). The van der Waals surface area contributed by atoms with Crippen LogP contribution in [0.5, 0.6) is 5.75 Å². The highest BCUT2D eigenvalue weighted by Crippen LogP contribution is 2.11. The molecule has 1 aromatic rings. The molecule has 0 bridgehead atoms. The number of ether oxygens (including phenoxy) is 1. The average molecular weight is 474 g/mol. The standard InChI is InChI=1S/C19H30N4O2.HI/c1-3-20-19(21-10-6-13-23-12-5-9-18(23)24)22-11-14-25-17-8-4-7-16(2)15-17;/h4,7-8,15H,3,5-6,9-14H2,1-2H3,(H2,20,21,22);1H. The number of aryl methyl sites for hydroxylation is 1. The lowest BCUT2D eigenvalue weighted by molar-refractivity contribution is -0.127. The molecular weight excluding hydrogens is 443 g/mol. The Kier molecular flexibility index (Phi) is 11.1. The number of hydrogen-bond donors (Lipinski definition) is 2. The Morgan fingerprint density at radius 3 is 2.88 bits per heavy atom. The molecule has 0 aromatic heterocycles. The van der Waals surface area contributed by atoms with Gasteiger partial charge in [-0.3, -0.25) is 9.79 Å². The molecule has 1 aromatic carbocycles. The van der Waals surface area contributed by atoms with Crippen molar-refractivity contribution in [2.45, 2.75) is 33.1 Å². The number of guanidine groups is 1. The maximum Gasteiger partial charge on any atom is 0.222 e. The lowest BCUT2D eigenvalue weighted by Crippen LogP contribution is -2.39. The minimum absolute atomic E-state index is 0. The van der Waals surface area contributed by atoms with Gasteiger partial charge in [0.25, 0.3) is 0 Å². The normalized spacial score (nSPS) is 14.2. The second kappa shape index (κ2) is 12.8. The monoisotopic (exact) mass is 474 g/mol. The van der Waals surface area contributed by atoms with Gasteiger partial charge in [-0.25, -0.2) is 0 Å². The van der Waals surface area contributed by atoms with Gasteiger partial charge >= 0.3 is 0 Å². The number of nitrogens with zero attached hydrogens (tertiary/aromatic N) is 2. The number of aliphatic imine (C=N–C) groups is 1. The van der Waals surface area contributed by atoms with Gasteiger partial charge in [-0.2, -0.15) is 0 Å². The Morgan fingerprint density at radius 1 is 1.35 bits per heavy atom. The van der Waals surface area contributed by atoms with Crippen molar-refractivity contribution in [3.8, 4) is 5.75 Å². The van der Waals surface area contributed by atoms with Crippen LogP contribution in [-0.4, -0.2) is 56.1 Å². The highest BCUT2D eigenvalue weighted by molar-refractivity contribution is 14.0. The summed E-state index contributed by atoms with van der Waals surface area (Å²) < 4.78 is 5.73. The van der Waals surface area contributed by atoms with Crippen molar-refractivity contribution in [3.05, 3.63) is 29.8 Å². The van der Waals surface area contributed by atoms with E-state index < -0.39 is 0 Å². The number of hydrogen-bond acceptors (Lipinski definition) is 3. The zero-order valence-corrected chi connectivity index (χ0v) is 18.1. The number of benzene rings is 1. The SMILES string of the molecule is CCNC(=NCCCN1CCCC1=O)NCCOc1cccc(C)c1.I. The zero-order chi connectivity index (χ0) is 17.9. The third-order valence-electron chi connectivity index (χ3n) is 4.02. The lowest BCUT2D eigenvalue weighted by Gasteiger charge is -2.15.